The lowest BCUT2D eigenvalue weighted by molar-refractivity contribution is 0.0253. The topological polar surface area (TPSA) is 29.5 Å². The normalized spacial score (nSPS) is 17.8. The molecular formula is C52H56O2P2. The summed E-state index contributed by atoms with van der Waals surface area (Å²) in [6, 6.07) is 41.4. The number of rotatable bonds is 8. The molecule has 1 aliphatic carbocycles. The lowest BCUT2D eigenvalue weighted by Gasteiger charge is -2.43. The van der Waals surface area contributed by atoms with Crippen LogP contribution in [0.4, 0.5) is 0 Å². The molecule has 1 fully saturated rings. The molecule has 1 aliphatic heterocycles. The molecule has 0 bridgehead atoms. The Morgan fingerprint density at radius 2 is 0.964 bits per heavy atom. The van der Waals surface area contributed by atoms with E-state index in [4.69, 9.17) is 4.74 Å². The molecule has 0 spiro atoms. The predicted molar refractivity (Wildman–Crippen MR) is 243 cm³/mol. The Labute approximate surface area is 337 Å². The third kappa shape index (κ3) is 7.99. The standard InChI is InChI=1S/C52H56O2P2/c1-32-18-33(2)23-44(22-32)55(45-24-34(3)19-35(4)25-45)48-16-10-12-40(50(48)53)30-41-13-9-14-42-31-43-15-11-17-49(52(43)54-51(41)42)56(46-26-36(5)20-37(6)27-46)47-28-38(7)21-39(8)29-47/h10-12,15-29,41-42,51,53H,9,13-14,30-31H2,1-8H3/t41-,42?,51?/m0/s1. The number of ether oxygens (including phenoxy) is 1. The number of fused-ring (bicyclic) bond motifs is 2. The fourth-order valence-electron chi connectivity index (χ4n) is 9.83. The highest BCUT2D eigenvalue weighted by molar-refractivity contribution is 7.80. The van der Waals surface area contributed by atoms with Crippen molar-refractivity contribution < 1.29 is 9.84 Å². The maximum Gasteiger partial charge on any atom is 0.131 e. The molecule has 56 heavy (non-hydrogen) atoms. The van der Waals surface area contributed by atoms with Crippen molar-refractivity contribution in [3.63, 3.8) is 0 Å². The SMILES string of the molecule is Cc1cc(C)cc(P(c2cc(C)cc(C)c2)c2cccc(C[C@@H]3CCCC4Cc5cccc(P(c6cc(C)cc(C)c6)c6cc(C)cc(C)c6)c5OC43)c2O)c1. The average molecular weight is 775 g/mol. The second-order valence-corrected chi connectivity index (χ2v) is 21.4. The van der Waals surface area contributed by atoms with Crippen molar-refractivity contribution >= 4 is 47.7 Å². The summed E-state index contributed by atoms with van der Waals surface area (Å²) >= 11 is 0. The van der Waals surface area contributed by atoms with Gasteiger partial charge in [-0.15, -0.1) is 0 Å². The van der Waals surface area contributed by atoms with Crippen LogP contribution in [0.5, 0.6) is 11.5 Å². The van der Waals surface area contributed by atoms with E-state index in [9.17, 15) is 5.11 Å². The zero-order chi connectivity index (χ0) is 39.2. The summed E-state index contributed by atoms with van der Waals surface area (Å²) < 4.78 is 7.44. The van der Waals surface area contributed by atoms with E-state index in [0.717, 1.165) is 35.9 Å². The van der Waals surface area contributed by atoms with E-state index >= 15 is 0 Å². The molecule has 6 aromatic rings. The van der Waals surface area contributed by atoms with E-state index in [-0.39, 0.29) is 6.10 Å². The minimum absolute atomic E-state index is 0.108. The van der Waals surface area contributed by atoms with Crippen LogP contribution in [0.25, 0.3) is 0 Å². The highest BCUT2D eigenvalue weighted by Gasteiger charge is 2.41. The van der Waals surface area contributed by atoms with Gasteiger partial charge in [0.25, 0.3) is 0 Å². The Morgan fingerprint density at radius 3 is 1.45 bits per heavy atom. The van der Waals surface area contributed by atoms with Crippen LogP contribution in [0, 0.1) is 67.2 Å². The number of phenolic OH excluding ortho intramolecular Hbond substituents is 1. The molecule has 2 unspecified atom stereocenters. The number of phenols is 1. The summed E-state index contributed by atoms with van der Waals surface area (Å²) in [5, 5.41) is 20.1. The first kappa shape index (κ1) is 38.6. The molecule has 2 nitrogen and oxygen atoms in total. The monoisotopic (exact) mass is 774 g/mol. The molecule has 8 rings (SSSR count). The van der Waals surface area contributed by atoms with Crippen molar-refractivity contribution in [1.82, 2.24) is 0 Å². The first-order valence-electron chi connectivity index (χ1n) is 20.4. The van der Waals surface area contributed by atoms with Gasteiger partial charge < -0.3 is 9.84 Å². The Balaban J connectivity index is 1.17. The van der Waals surface area contributed by atoms with Crippen molar-refractivity contribution in [2.75, 3.05) is 0 Å². The van der Waals surface area contributed by atoms with E-state index in [0.29, 0.717) is 17.6 Å². The molecular weight excluding hydrogens is 719 g/mol. The number of aryl methyl sites for hydroxylation is 8. The highest BCUT2D eigenvalue weighted by atomic mass is 31.1. The molecule has 4 heteroatoms. The van der Waals surface area contributed by atoms with Crippen molar-refractivity contribution in [3.8, 4) is 11.5 Å². The van der Waals surface area contributed by atoms with E-state index in [2.05, 4.69) is 165 Å². The summed E-state index contributed by atoms with van der Waals surface area (Å²) in [6.07, 6.45) is 5.45. The molecule has 1 saturated carbocycles. The minimum Gasteiger partial charge on any atom is -0.507 e. The van der Waals surface area contributed by atoms with Gasteiger partial charge in [0.1, 0.15) is 17.6 Å². The van der Waals surface area contributed by atoms with E-state index in [1.807, 2.05) is 0 Å². The number of para-hydroxylation sites is 2. The van der Waals surface area contributed by atoms with Crippen LogP contribution in [0.1, 0.15) is 74.9 Å². The summed E-state index contributed by atoms with van der Waals surface area (Å²) in [5.41, 5.74) is 12.6. The molecule has 1 heterocycles. The Hall–Kier alpha value is -4.22. The van der Waals surface area contributed by atoms with Gasteiger partial charge in [0.15, 0.2) is 0 Å². The van der Waals surface area contributed by atoms with Crippen molar-refractivity contribution in [2.24, 2.45) is 11.8 Å². The number of hydrogen-bond donors (Lipinski definition) is 1. The number of aromatic hydroxyl groups is 1. The second kappa shape index (κ2) is 16.0. The van der Waals surface area contributed by atoms with Crippen molar-refractivity contribution in [3.05, 3.63) is 165 Å². The average Bonchev–Trinajstić information content (AvgIpc) is 3.11. The lowest BCUT2D eigenvalue weighted by atomic mass is 9.72. The molecule has 0 saturated heterocycles. The smallest absolute Gasteiger partial charge is 0.131 e. The lowest BCUT2D eigenvalue weighted by Crippen LogP contribution is -2.44. The molecule has 2 aliphatic rings. The molecule has 6 aromatic carbocycles. The van der Waals surface area contributed by atoms with Gasteiger partial charge in [-0.2, -0.15) is 0 Å². The van der Waals surface area contributed by atoms with Gasteiger partial charge >= 0.3 is 0 Å². The second-order valence-electron chi connectivity index (χ2n) is 17.0. The third-order valence-electron chi connectivity index (χ3n) is 11.8. The highest BCUT2D eigenvalue weighted by Crippen LogP contribution is 2.47. The summed E-state index contributed by atoms with van der Waals surface area (Å²) in [7, 11) is -1.81. The maximum atomic E-state index is 12.4. The Morgan fingerprint density at radius 1 is 0.536 bits per heavy atom. The van der Waals surface area contributed by atoms with Gasteiger partial charge in [0, 0.05) is 22.4 Å². The van der Waals surface area contributed by atoms with Gasteiger partial charge in [-0.3, -0.25) is 0 Å². The largest absolute Gasteiger partial charge is 0.507 e. The Kier molecular flexibility index (Phi) is 11.0. The van der Waals surface area contributed by atoms with Crippen LogP contribution in [0.3, 0.4) is 0 Å². The van der Waals surface area contributed by atoms with Crippen LogP contribution < -0.4 is 36.6 Å². The Bertz CT molecular complexity index is 2240. The first-order chi connectivity index (χ1) is 26.9. The molecule has 286 valence electrons. The van der Waals surface area contributed by atoms with Crippen molar-refractivity contribution in [2.45, 2.75) is 93.6 Å². The fraction of sp³-hybridized carbons (Fsp3) is 0.308. The van der Waals surface area contributed by atoms with Crippen LogP contribution in [0.2, 0.25) is 0 Å². The first-order valence-corrected chi connectivity index (χ1v) is 23.1. The zero-order valence-electron chi connectivity index (χ0n) is 34.4. The number of benzene rings is 6. The van der Waals surface area contributed by atoms with Gasteiger partial charge in [-0.1, -0.05) is 160 Å². The quantitative estimate of drug-likeness (QED) is 0.156. The summed E-state index contributed by atoms with van der Waals surface area (Å²) in [4.78, 5) is 0. The van der Waals surface area contributed by atoms with Gasteiger partial charge in [-0.25, -0.2) is 0 Å². The van der Waals surface area contributed by atoms with Crippen LogP contribution in [-0.2, 0) is 12.8 Å². The summed E-state index contributed by atoms with van der Waals surface area (Å²) in [6.45, 7) is 17.6. The molecule has 3 atom stereocenters. The van der Waals surface area contributed by atoms with Gasteiger partial charge in [-0.05, 0) is 129 Å². The van der Waals surface area contributed by atoms with Crippen LogP contribution in [0.15, 0.2) is 109 Å². The molecule has 1 N–H and O–H groups in total. The van der Waals surface area contributed by atoms with Crippen LogP contribution in [-0.4, -0.2) is 11.2 Å². The molecule has 0 amide bonds. The van der Waals surface area contributed by atoms with E-state index < -0.39 is 15.8 Å². The molecule has 0 radical (unpaired) electrons. The van der Waals surface area contributed by atoms with Gasteiger partial charge in [0.05, 0.1) is 0 Å². The maximum absolute atomic E-state index is 12.4. The third-order valence-corrected chi connectivity index (χ3v) is 16.6. The molecule has 0 aromatic heterocycles. The van der Waals surface area contributed by atoms with Gasteiger partial charge in [0.2, 0.25) is 0 Å². The zero-order valence-corrected chi connectivity index (χ0v) is 36.2. The van der Waals surface area contributed by atoms with E-state index in [1.54, 1.807) is 0 Å². The fourth-order valence-corrected chi connectivity index (χ4v) is 15.4. The predicted octanol–water partition coefficient (Wildman–Crippen LogP) is 10.3. The minimum atomic E-state index is -0.966. The summed E-state index contributed by atoms with van der Waals surface area (Å²) in [5.74, 6) is 2.36. The number of hydrogen-bond acceptors (Lipinski definition) is 2. The van der Waals surface area contributed by atoms with E-state index in [1.165, 1.54) is 89.4 Å². The van der Waals surface area contributed by atoms with Crippen molar-refractivity contribution in [1.29, 1.82) is 0 Å². The van der Waals surface area contributed by atoms with Crippen LogP contribution >= 0.6 is 15.8 Å².